The van der Waals surface area contributed by atoms with Crippen molar-refractivity contribution in [2.24, 2.45) is 0 Å². The van der Waals surface area contributed by atoms with Gasteiger partial charge in [0.15, 0.2) is 0 Å². The third-order valence-corrected chi connectivity index (χ3v) is 4.14. The zero-order valence-electron chi connectivity index (χ0n) is 13.6. The molecule has 0 aliphatic carbocycles. The van der Waals surface area contributed by atoms with Crippen molar-refractivity contribution in [3.8, 4) is 0 Å². The summed E-state index contributed by atoms with van der Waals surface area (Å²) in [6, 6.07) is 3.14. The average molecular weight is 351 g/mol. The second-order valence-corrected chi connectivity index (χ2v) is 5.94. The fourth-order valence-electron chi connectivity index (χ4n) is 2.99. The minimum absolute atomic E-state index is 0.235. The van der Waals surface area contributed by atoms with Crippen LogP contribution in [0.4, 0.5) is 8.78 Å². The molecule has 0 N–H and O–H groups in total. The molecule has 25 heavy (non-hydrogen) atoms. The molecule has 0 saturated carbocycles. The molecule has 2 aliphatic rings. The number of hydrogen-bond acceptors (Lipinski definition) is 5. The molecule has 1 fully saturated rings. The molecule has 2 heterocycles. The summed E-state index contributed by atoms with van der Waals surface area (Å²) in [5.41, 5.74) is -2.69. The number of hydrogen-bond donors (Lipinski definition) is 0. The van der Waals surface area contributed by atoms with E-state index in [1.807, 2.05) is 0 Å². The van der Waals surface area contributed by atoms with Gasteiger partial charge in [-0.15, -0.1) is 0 Å². The topological polar surface area (TPSA) is 72.9 Å². The predicted molar refractivity (Wildman–Crippen MR) is 79.5 cm³/mol. The van der Waals surface area contributed by atoms with Gasteiger partial charge in [-0.2, -0.15) is 0 Å². The van der Waals surface area contributed by atoms with Gasteiger partial charge in [0.25, 0.3) is 5.78 Å². The Morgan fingerprint density at radius 2 is 1.92 bits per heavy atom. The van der Waals surface area contributed by atoms with Gasteiger partial charge in [0, 0.05) is 19.9 Å². The molecule has 0 aromatic heterocycles. The summed E-state index contributed by atoms with van der Waals surface area (Å²) in [5, 5.41) is 0. The van der Waals surface area contributed by atoms with Crippen molar-refractivity contribution < 1.29 is 32.6 Å². The standard InChI is InChI=1S/C17H15F2NO5/c1-9(21)24-14-15(23)17(2,13-10(18)5-3-6-11(13)19)25-16(14)20-8-4-7-12(20)22/h3,5-6H,4,7-8H2,1-2H3. The Labute approximate surface area is 142 Å². The number of ketones is 1. The number of carbonyl (C=O) groups is 3. The molecule has 1 amide bonds. The highest BCUT2D eigenvalue weighted by atomic mass is 19.1. The third kappa shape index (κ3) is 2.67. The van der Waals surface area contributed by atoms with Crippen LogP contribution in [-0.4, -0.2) is 29.1 Å². The molecule has 0 radical (unpaired) electrons. The lowest BCUT2D eigenvalue weighted by Gasteiger charge is -2.26. The van der Waals surface area contributed by atoms with Gasteiger partial charge < -0.3 is 9.47 Å². The third-order valence-electron chi connectivity index (χ3n) is 4.14. The highest BCUT2D eigenvalue weighted by molar-refractivity contribution is 6.05. The number of rotatable bonds is 3. The monoisotopic (exact) mass is 351 g/mol. The number of benzene rings is 1. The Hall–Kier alpha value is -2.77. The minimum Gasteiger partial charge on any atom is -0.456 e. The van der Waals surface area contributed by atoms with Crippen molar-refractivity contribution >= 4 is 17.7 Å². The number of ether oxygens (including phenoxy) is 2. The summed E-state index contributed by atoms with van der Waals surface area (Å²) in [6.07, 6.45) is 0.761. The van der Waals surface area contributed by atoms with Crippen molar-refractivity contribution in [2.75, 3.05) is 6.54 Å². The van der Waals surface area contributed by atoms with Crippen molar-refractivity contribution in [3.05, 3.63) is 47.0 Å². The van der Waals surface area contributed by atoms with Crippen LogP contribution >= 0.6 is 0 Å². The highest BCUT2D eigenvalue weighted by Gasteiger charge is 2.54. The van der Waals surface area contributed by atoms with E-state index in [1.54, 1.807) is 0 Å². The van der Waals surface area contributed by atoms with E-state index in [0.717, 1.165) is 30.0 Å². The van der Waals surface area contributed by atoms with E-state index >= 15 is 0 Å². The summed E-state index contributed by atoms with van der Waals surface area (Å²) < 4.78 is 38.9. The minimum atomic E-state index is -2.08. The Balaban J connectivity index is 2.11. The van der Waals surface area contributed by atoms with E-state index in [0.29, 0.717) is 6.42 Å². The first-order chi connectivity index (χ1) is 11.8. The van der Waals surface area contributed by atoms with Crippen LogP contribution in [0, 0.1) is 11.6 Å². The van der Waals surface area contributed by atoms with Gasteiger partial charge in [0.1, 0.15) is 11.6 Å². The van der Waals surface area contributed by atoms with Gasteiger partial charge in [-0.05, 0) is 25.5 Å². The van der Waals surface area contributed by atoms with Crippen molar-refractivity contribution in [1.82, 2.24) is 4.90 Å². The predicted octanol–water partition coefficient (Wildman–Crippen LogP) is 2.13. The molecule has 132 valence electrons. The molecule has 1 unspecified atom stereocenters. The summed E-state index contributed by atoms with van der Waals surface area (Å²) in [6.45, 7) is 2.50. The second kappa shape index (κ2) is 5.94. The smallest absolute Gasteiger partial charge is 0.308 e. The van der Waals surface area contributed by atoms with Crippen molar-refractivity contribution in [1.29, 1.82) is 0 Å². The Kier molecular flexibility index (Phi) is 4.06. The van der Waals surface area contributed by atoms with Crippen LogP contribution in [-0.2, 0) is 29.5 Å². The van der Waals surface area contributed by atoms with Gasteiger partial charge >= 0.3 is 5.97 Å². The Bertz CT molecular complexity index is 799. The molecule has 1 aromatic carbocycles. The number of carbonyl (C=O) groups excluding carboxylic acids is 3. The maximum Gasteiger partial charge on any atom is 0.308 e. The molecule has 1 aromatic rings. The van der Waals surface area contributed by atoms with Gasteiger partial charge in [-0.3, -0.25) is 19.3 Å². The van der Waals surface area contributed by atoms with Crippen LogP contribution in [0.5, 0.6) is 0 Å². The first kappa shape index (κ1) is 17.1. The van der Waals surface area contributed by atoms with Crippen LogP contribution in [0.1, 0.15) is 32.3 Å². The maximum atomic E-state index is 14.2. The molecular formula is C17H15F2NO5. The molecule has 8 heteroatoms. The van der Waals surface area contributed by atoms with Gasteiger partial charge in [0.05, 0.1) is 5.56 Å². The van der Waals surface area contributed by atoms with Crippen LogP contribution in [0.15, 0.2) is 29.8 Å². The van der Waals surface area contributed by atoms with Gasteiger partial charge in [0.2, 0.25) is 23.2 Å². The highest BCUT2D eigenvalue weighted by Crippen LogP contribution is 2.43. The largest absolute Gasteiger partial charge is 0.456 e. The zero-order chi connectivity index (χ0) is 18.4. The van der Waals surface area contributed by atoms with Crippen LogP contribution < -0.4 is 0 Å². The molecule has 3 rings (SSSR count). The SMILES string of the molecule is CC(=O)OC1=C(N2CCCC2=O)OC(C)(c2c(F)cccc2F)C1=O. The lowest BCUT2D eigenvalue weighted by Crippen LogP contribution is -2.34. The molecule has 0 bridgehead atoms. The summed E-state index contributed by atoms with van der Waals surface area (Å²) in [4.78, 5) is 37.3. The Morgan fingerprint density at radius 3 is 2.44 bits per heavy atom. The van der Waals surface area contributed by atoms with Gasteiger partial charge in [-0.1, -0.05) is 6.07 Å². The van der Waals surface area contributed by atoms with Crippen LogP contribution in [0.3, 0.4) is 0 Å². The fourth-order valence-corrected chi connectivity index (χ4v) is 2.99. The van der Waals surface area contributed by atoms with E-state index in [2.05, 4.69) is 0 Å². The van der Waals surface area contributed by atoms with Crippen LogP contribution in [0.25, 0.3) is 0 Å². The Morgan fingerprint density at radius 1 is 1.28 bits per heavy atom. The van der Waals surface area contributed by atoms with E-state index in [1.165, 1.54) is 6.92 Å². The van der Waals surface area contributed by atoms with E-state index in [4.69, 9.17) is 9.47 Å². The number of Topliss-reactive ketones (excluding diaryl/α,β-unsaturated/α-hetero) is 1. The van der Waals surface area contributed by atoms with Crippen molar-refractivity contribution in [3.63, 3.8) is 0 Å². The number of likely N-dealkylation sites (tertiary alicyclic amines) is 1. The first-order valence-corrected chi connectivity index (χ1v) is 7.67. The number of esters is 1. The van der Waals surface area contributed by atoms with E-state index in [-0.39, 0.29) is 24.8 Å². The normalized spacial score (nSPS) is 23.3. The zero-order valence-corrected chi connectivity index (χ0v) is 13.6. The summed E-state index contributed by atoms with van der Waals surface area (Å²) >= 11 is 0. The molecule has 1 saturated heterocycles. The quantitative estimate of drug-likeness (QED) is 0.780. The number of amides is 1. The lowest BCUT2D eigenvalue weighted by atomic mass is 9.90. The van der Waals surface area contributed by atoms with Crippen LogP contribution in [0.2, 0.25) is 0 Å². The molecule has 0 spiro atoms. The number of halogens is 2. The summed E-state index contributed by atoms with van der Waals surface area (Å²) in [7, 11) is 0. The van der Waals surface area contributed by atoms with E-state index < -0.39 is 40.3 Å². The lowest BCUT2D eigenvalue weighted by molar-refractivity contribution is -0.142. The molecule has 2 aliphatic heterocycles. The van der Waals surface area contributed by atoms with Crippen molar-refractivity contribution in [2.45, 2.75) is 32.3 Å². The van der Waals surface area contributed by atoms with E-state index in [9.17, 15) is 23.2 Å². The second-order valence-electron chi connectivity index (χ2n) is 5.94. The average Bonchev–Trinajstić information content (AvgIpc) is 3.04. The number of nitrogens with zero attached hydrogens (tertiary/aromatic N) is 1. The fraction of sp³-hybridized carbons (Fsp3) is 0.353. The first-order valence-electron chi connectivity index (χ1n) is 7.67. The molecular weight excluding hydrogens is 336 g/mol. The maximum absolute atomic E-state index is 14.2. The molecule has 1 atom stereocenters. The molecule has 6 nitrogen and oxygen atoms in total. The van der Waals surface area contributed by atoms with Gasteiger partial charge in [-0.25, -0.2) is 8.78 Å². The summed E-state index contributed by atoms with van der Waals surface area (Å²) in [5.74, 6) is -4.83.